The quantitative estimate of drug-likeness (QED) is 0.209. The number of hydrogen-bond donors (Lipinski definition) is 2. The first kappa shape index (κ1) is 41.1. The second-order valence-electron chi connectivity index (χ2n) is 16.9. The van der Waals surface area contributed by atoms with E-state index in [-0.39, 0.29) is 65.6 Å². The van der Waals surface area contributed by atoms with Gasteiger partial charge in [-0.25, -0.2) is 19.7 Å². The number of anilines is 2. The number of piperidine rings is 2. The number of nitriles is 1. The van der Waals surface area contributed by atoms with Crippen LogP contribution in [0.4, 0.5) is 16.4 Å². The number of amides is 4. The van der Waals surface area contributed by atoms with Gasteiger partial charge in [-0.2, -0.15) is 10.4 Å². The zero-order chi connectivity index (χ0) is 40.1. The number of nitrogens with zero attached hydrogens (tertiary/aromatic N) is 9. The van der Waals surface area contributed by atoms with Crippen molar-refractivity contribution in [1.82, 2.24) is 40.3 Å². The van der Waals surface area contributed by atoms with Gasteiger partial charge in [-0.15, -0.1) is 12.4 Å². The van der Waals surface area contributed by atoms with Crippen LogP contribution < -0.4 is 25.2 Å². The van der Waals surface area contributed by atoms with Crippen molar-refractivity contribution < 1.29 is 19.1 Å². The molecule has 3 saturated heterocycles. The Balaban J connectivity index is 0.00000512. The fraction of sp³-hybridized carbons (Fsp3) is 0.512. The summed E-state index contributed by atoms with van der Waals surface area (Å²) in [6.45, 7) is 13.4. The van der Waals surface area contributed by atoms with Crippen LogP contribution in [0.2, 0.25) is 5.02 Å². The van der Waals surface area contributed by atoms with Crippen LogP contribution in [0.25, 0.3) is 10.9 Å². The summed E-state index contributed by atoms with van der Waals surface area (Å²) >= 11 is 6.18. The molecule has 15 nitrogen and oxygen atoms in total. The molecular weight excluding hydrogens is 781 g/mol. The number of pyridine rings is 1. The second-order valence-corrected chi connectivity index (χ2v) is 17.4. The van der Waals surface area contributed by atoms with E-state index in [1.54, 1.807) is 23.4 Å². The third-order valence-corrected chi connectivity index (χ3v) is 12.8. The molecule has 306 valence electrons. The molecule has 1 aliphatic carbocycles. The third-order valence-electron chi connectivity index (χ3n) is 12.5. The van der Waals surface area contributed by atoms with Gasteiger partial charge in [-0.1, -0.05) is 45.4 Å². The Hall–Kier alpha value is -5.04. The number of urea groups is 1. The number of imide groups is 1. The lowest BCUT2D eigenvalue weighted by Gasteiger charge is -2.63. The highest BCUT2D eigenvalue weighted by Crippen LogP contribution is 2.55. The highest BCUT2D eigenvalue weighted by Gasteiger charge is 2.64. The van der Waals surface area contributed by atoms with E-state index in [1.807, 2.05) is 24.4 Å². The topological polar surface area (TPSA) is 174 Å². The molecule has 58 heavy (non-hydrogen) atoms. The maximum Gasteiger partial charge on any atom is 0.328 e. The van der Waals surface area contributed by atoms with E-state index >= 15 is 0 Å². The summed E-state index contributed by atoms with van der Waals surface area (Å²) in [5.41, 5.74) is 1.54. The fourth-order valence-electron chi connectivity index (χ4n) is 9.72. The number of hydrogen-bond acceptors (Lipinski definition) is 11. The van der Waals surface area contributed by atoms with Crippen LogP contribution in [0, 0.1) is 28.1 Å². The zero-order valence-corrected chi connectivity index (χ0v) is 34.7. The van der Waals surface area contributed by atoms with Gasteiger partial charge in [0.05, 0.1) is 40.2 Å². The van der Waals surface area contributed by atoms with Gasteiger partial charge in [0, 0.05) is 86.4 Å². The fourth-order valence-corrected chi connectivity index (χ4v) is 9.92. The number of carbonyl (C=O) groups is 3. The van der Waals surface area contributed by atoms with Gasteiger partial charge in [0.2, 0.25) is 11.9 Å². The van der Waals surface area contributed by atoms with Crippen molar-refractivity contribution in [2.24, 2.45) is 16.7 Å². The molecule has 1 saturated carbocycles. The molecular formula is C41H49Cl2N11O4. The van der Waals surface area contributed by atoms with Crippen LogP contribution in [0.15, 0.2) is 49.1 Å². The molecule has 4 fully saturated rings. The Bertz CT molecular complexity index is 2210. The molecule has 8 rings (SSSR count). The first-order valence-corrected chi connectivity index (χ1v) is 20.1. The van der Waals surface area contributed by atoms with Crippen LogP contribution in [0.1, 0.15) is 81.9 Å². The number of aromatic nitrogens is 5. The number of halogens is 2. The van der Waals surface area contributed by atoms with Crippen LogP contribution in [0.5, 0.6) is 5.75 Å². The van der Waals surface area contributed by atoms with Gasteiger partial charge < -0.3 is 19.9 Å². The zero-order valence-electron chi connectivity index (χ0n) is 33.2. The molecule has 0 unspecified atom stereocenters. The first-order chi connectivity index (χ1) is 27.3. The van der Waals surface area contributed by atoms with E-state index in [0.29, 0.717) is 29.7 Å². The lowest BCUT2D eigenvalue weighted by Crippen LogP contribution is -2.74. The minimum absolute atomic E-state index is 0. The van der Waals surface area contributed by atoms with Gasteiger partial charge >= 0.3 is 6.03 Å². The normalized spacial score (nSPS) is 22.4. The molecule has 1 aromatic carbocycles. The van der Waals surface area contributed by atoms with E-state index in [0.717, 1.165) is 75.0 Å². The number of benzene rings is 1. The molecule has 6 heterocycles. The molecule has 4 aromatic rings. The number of likely N-dealkylation sites (tertiary alicyclic amines) is 1. The van der Waals surface area contributed by atoms with Crippen LogP contribution in [-0.4, -0.2) is 98.9 Å². The lowest BCUT2D eigenvalue weighted by atomic mass is 9.49. The summed E-state index contributed by atoms with van der Waals surface area (Å²) in [5, 5.41) is 20.7. The smallest absolute Gasteiger partial charge is 0.328 e. The van der Waals surface area contributed by atoms with Crippen LogP contribution >= 0.6 is 24.0 Å². The van der Waals surface area contributed by atoms with Crippen molar-refractivity contribution in [2.75, 3.05) is 49.1 Å². The molecule has 4 amide bonds. The number of fused-ring (bicyclic) bond motifs is 1. The monoisotopic (exact) mass is 829 g/mol. The highest BCUT2D eigenvalue weighted by molar-refractivity contribution is 6.31. The lowest BCUT2D eigenvalue weighted by molar-refractivity contribution is -0.164. The van der Waals surface area contributed by atoms with E-state index < -0.39 is 10.8 Å². The maximum atomic E-state index is 13.4. The average molecular weight is 831 g/mol. The molecule has 0 bridgehead atoms. The predicted molar refractivity (Wildman–Crippen MR) is 221 cm³/mol. The second kappa shape index (κ2) is 16.3. The van der Waals surface area contributed by atoms with Crippen molar-refractivity contribution in [3.8, 4) is 11.8 Å². The largest absolute Gasteiger partial charge is 0.487 e. The van der Waals surface area contributed by atoms with Gasteiger partial charge in [-0.05, 0) is 43.7 Å². The number of nitrogens with one attached hydrogen (secondary N) is 2. The van der Waals surface area contributed by atoms with E-state index in [4.69, 9.17) is 26.7 Å². The molecule has 4 aliphatic rings. The average Bonchev–Trinajstić information content (AvgIpc) is 3.64. The predicted octanol–water partition coefficient (Wildman–Crippen LogP) is 5.78. The van der Waals surface area contributed by atoms with E-state index in [2.05, 4.69) is 73.8 Å². The van der Waals surface area contributed by atoms with E-state index in [9.17, 15) is 14.4 Å². The van der Waals surface area contributed by atoms with Gasteiger partial charge in [0.1, 0.15) is 17.9 Å². The summed E-state index contributed by atoms with van der Waals surface area (Å²) in [5.74, 6) is 1.24. The van der Waals surface area contributed by atoms with Crippen molar-refractivity contribution >= 4 is 64.4 Å². The van der Waals surface area contributed by atoms with Gasteiger partial charge in [0.15, 0.2) is 5.69 Å². The first-order valence-electron chi connectivity index (χ1n) is 19.7. The summed E-state index contributed by atoms with van der Waals surface area (Å²) in [6.07, 6.45) is 10.7. The standard InChI is InChI=1S/C41H48ClN11O4.ClH/c1-40(2)36(41(3,4)37(40)57-28-18-30(42)31(19-43)44-22-28)49-35(55)26-20-45-38(46-21-26)51-15-8-25(9-16-51)24-50-13-10-27(11-14-50)53-33-7-5-6-32(29(33)23-47-53)52-17-12-34(54)48-39(52)56;/h5-7,18,20-23,25,27,36-37H,8-17,24H2,1-4H3,(H,49,55)(H,48,54,56);1H. The van der Waals surface area contributed by atoms with Crippen molar-refractivity contribution in [1.29, 1.82) is 5.26 Å². The van der Waals surface area contributed by atoms with Gasteiger partial charge in [0.25, 0.3) is 5.91 Å². The Kier molecular flexibility index (Phi) is 11.6. The minimum atomic E-state index is -0.404. The van der Waals surface area contributed by atoms with E-state index in [1.165, 1.54) is 6.20 Å². The van der Waals surface area contributed by atoms with Crippen molar-refractivity contribution in [2.45, 2.75) is 78.0 Å². The SMILES string of the molecule is CC1(C)C(NC(=O)c2cnc(N3CCC(CN4CCC(n5ncc6c(N7CCC(=O)NC7=O)cccc65)CC4)CC3)nc2)C(C)(C)C1Oc1cnc(C#N)c(Cl)c1.Cl. The summed E-state index contributed by atoms with van der Waals surface area (Å²) in [6, 6.07) is 9.21. The molecule has 0 atom stereocenters. The van der Waals surface area contributed by atoms with Crippen LogP contribution in [-0.2, 0) is 4.79 Å². The summed E-state index contributed by atoms with van der Waals surface area (Å²) in [7, 11) is 0. The summed E-state index contributed by atoms with van der Waals surface area (Å²) < 4.78 is 8.42. The molecule has 17 heteroatoms. The third kappa shape index (κ3) is 7.77. The molecule has 0 spiro atoms. The molecule has 2 N–H and O–H groups in total. The van der Waals surface area contributed by atoms with Crippen LogP contribution in [0.3, 0.4) is 0 Å². The molecule has 3 aromatic heterocycles. The molecule has 3 aliphatic heterocycles. The Morgan fingerprint density at radius 3 is 2.34 bits per heavy atom. The number of ether oxygens (including phenoxy) is 1. The minimum Gasteiger partial charge on any atom is -0.487 e. The number of rotatable bonds is 9. The Morgan fingerprint density at radius 1 is 0.983 bits per heavy atom. The summed E-state index contributed by atoms with van der Waals surface area (Å²) in [4.78, 5) is 57.4. The van der Waals surface area contributed by atoms with Crippen molar-refractivity contribution in [3.05, 3.63) is 65.3 Å². The maximum absolute atomic E-state index is 13.4. The van der Waals surface area contributed by atoms with Gasteiger partial charge in [-0.3, -0.25) is 24.5 Å². The Morgan fingerprint density at radius 2 is 1.69 bits per heavy atom. The number of carbonyl (C=O) groups excluding carboxylic acids is 3. The van der Waals surface area contributed by atoms with Crippen molar-refractivity contribution in [3.63, 3.8) is 0 Å². The Labute approximate surface area is 348 Å². The molecule has 0 radical (unpaired) electrons. The highest BCUT2D eigenvalue weighted by atomic mass is 35.5.